The molecule has 0 radical (unpaired) electrons. The summed E-state index contributed by atoms with van der Waals surface area (Å²) in [6.45, 7) is 4.17. The highest BCUT2D eigenvalue weighted by Crippen LogP contribution is 2.21. The Morgan fingerprint density at radius 1 is 1.42 bits per heavy atom. The summed E-state index contributed by atoms with van der Waals surface area (Å²) < 4.78 is 11.2. The number of para-hydroxylation sites is 1. The topological polar surface area (TPSA) is 79.3 Å². The molecule has 1 fully saturated rings. The highest BCUT2D eigenvalue weighted by atomic mass is 16.5. The zero-order chi connectivity index (χ0) is 17.5. The molecule has 1 aliphatic rings. The number of aliphatic carboxylic acids is 1. The van der Waals surface area contributed by atoms with Crippen LogP contribution >= 0.6 is 0 Å². The summed E-state index contributed by atoms with van der Waals surface area (Å²) >= 11 is 0. The quantitative estimate of drug-likeness (QED) is 0.798. The van der Waals surface area contributed by atoms with Crippen LogP contribution in [-0.2, 0) is 9.53 Å². The second-order valence-corrected chi connectivity index (χ2v) is 5.76. The molecular formula is C17H24N2O5. The first-order valence-electron chi connectivity index (χ1n) is 8.04. The number of morpholine rings is 1. The van der Waals surface area contributed by atoms with Crippen LogP contribution in [-0.4, -0.2) is 79.3 Å². The Morgan fingerprint density at radius 3 is 2.88 bits per heavy atom. The van der Waals surface area contributed by atoms with Gasteiger partial charge in [0.1, 0.15) is 5.75 Å². The first-order chi connectivity index (χ1) is 11.5. The third-order valence-electron chi connectivity index (χ3n) is 3.76. The molecule has 1 saturated heterocycles. The summed E-state index contributed by atoms with van der Waals surface area (Å²) in [6, 6.07) is 7.20. The molecule has 1 atom stereocenters. The molecule has 1 amide bonds. The van der Waals surface area contributed by atoms with E-state index in [1.807, 2.05) is 19.1 Å². The SMILES string of the molecule is CCOc1ccccc1C(=O)N1CCOC(CN(C)CC(=O)O)C1. The van der Waals surface area contributed by atoms with Crippen LogP contribution in [0.1, 0.15) is 17.3 Å². The van der Waals surface area contributed by atoms with E-state index in [2.05, 4.69) is 0 Å². The van der Waals surface area contributed by atoms with Crippen molar-refractivity contribution in [3.05, 3.63) is 29.8 Å². The van der Waals surface area contributed by atoms with Crippen molar-refractivity contribution in [3.8, 4) is 5.75 Å². The third-order valence-corrected chi connectivity index (χ3v) is 3.76. The lowest BCUT2D eigenvalue weighted by Crippen LogP contribution is -2.49. The zero-order valence-electron chi connectivity index (χ0n) is 14.1. The lowest BCUT2D eigenvalue weighted by molar-refractivity contribution is -0.138. The van der Waals surface area contributed by atoms with Gasteiger partial charge in [-0.3, -0.25) is 14.5 Å². The number of ether oxygens (including phenoxy) is 2. The number of rotatable bonds is 7. The molecule has 0 aromatic heterocycles. The molecule has 1 N–H and O–H groups in total. The number of hydrogen-bond donors (Lipinski definition) is 1. The Hall–Kier alpha value is -2.12. The van der Waals surface area contributed by atoms with Crippen molar-refractivity contribution in [1.82, 2.24) is 9.80 Å². The van der Waals surface area contributed by atoms with E-state index in [0.717, 1.165) is 0 Å². The van der Waals surface area contributed by atoms with Crippen molar-refractivity contribution in [2.75, 3.05) is 46.4 Å². The normalized spacial score (nSPS) is 17.8. The fraction of sp³-hybridized carbons (Fsp3) is 0.529. The van der Waals surface area contributed by atoms with Crippen LogP contribution in [0.4, 0.5) is 0 Å². The summed E-state index contributed by atoms with van der Waals surface area (Å²) in [7, 11) is 1.72. The van der Waals surface area contributed by atoms with Gasteiger partial charge in [0.2, 0.25) is 0 Å². The highest BCUT2D eigenvalue weighted by Gasteiger charge is 2.27. The first kappa shape index (κ1) is 18.2. The van der Waals surface area contributed by atoms with Gasteiger partial charge in [0.25, 0.3) is 5.91 Å². The smallest absolute Gasteiger partial charge is 0.317 e. The molecule has 0 saturated carbocycles. The van der Waals surface area contributed by atoms with E-state index in [-0.39, 0.29) is 18.6 Å². The molecule has 7 nitrogen and oxygen atoms in total. The van der Waals surface area contributed by atoms with Gasteiger partial charge in [-0.05, 0) is 26.1 Å². The summed E-state index contributed by atoms with van der Waals surface area (Å²) in [4.78, 5) is 26.9. The summed E-state index contributed by atoms with van der Waals surface area (Å²) in [5.74, 6) is -0.392. The maximum Gasteiger partial charge on any atom is 0.317 e. The minimum atomic E-state index is -0.883. The van der Waals surface area contributed by atoms with Crippen LogP contribution in [0.2, 0.25) is 0 Å². The van der Waals surface area contributed by atoms with Gasteiger partial charge in [0, 0.05) is 19.6 Å². The average Bonchev–Trinajstić information content (AvgIpc) is 2.54. The largest absolute Gasteiger partial charge is 0.493 e. The minimum Gasteiger partial charge on any atom is -0.493 e. The number of benzene rings is 1. The van der Waals surface area contributed by atoms with Gasteiger partial charge in [-0.2, -0.15) is 0 Å². The molecule has 1 heterocycles. The van der Waals surface area contributed by atoms with Crippen molar-refractivity contribution in [2.24, 2.45) is 0 Å². The van der Waals surface area contributed by atoms with E-state index in [4.69, 9.17) is 14.6 Å². The number of carbonyl (C=O) groups is 2. The van der Waals surface area contributed by atoms with Crippen molar-refractivity contribution >= 4 is 11.9 Å². The molecule has 1 aromatic rings. The Labute approximate surface area is 141 Å². The lowest BCUT2D eigenvalue weighted by atomic mass is 10.1. The number of amides is 1. The van der Waals surface area contributed by atoms with Gasteiger partial charge in [-0.25, -0.2) is 0 Å². The van der Waals surface area contributed by atoms with Gasteiger partial charge in [-0.1, -0.05) is 12.1 Å². The molecule has 24 heavy (non-hydrogen) atoms. The standard InChI is InChI=1S/C17H24N2O5/c1-3-23-15-7-5-4-6-14(15)17(22)19-8-9-24-13(11-19)10-18(2)12-16(20)21/h4-7,13H,3,8-12H2,1-2H3,(H,20,21). The summed E-state index contributed by atoms with van der Waals surface area (Å²) in [6.07, 6.45) is -0.202. The Bertz CT molecular complexity index is 578. The Morgan fingerprint density at radius 2 is 2.17 bits per heavy atom. The number of likely N-dealkylation sites (N-methyl/N-ethyl adjacent to an activating group) is 1. The number of hydrogen-bond acceptors (Lipinski definition) is 5. The molecule has 0 bridgehead atoms. The molecule has 0 spiro atoms. The van der Waals surface area contributed by atoms with Crippen LogP contribution < -0.4 is 4.74 Å². The number of carboxylic acids is 1. The summed E-state index contributed by atoms with van der Waals surface area (Å²) in [5, 5.41) is 8.82. The van der Waals surface area contributed by atoms with Gasteiger partial charge in [0.15, 0.2) is 0 Å². The van der Waals surface area contributed by atoms with E-state index in [1.165, 1.54) is 0 Å². The van der Waals surface area contributed by atoms with E-state index >= 15 is 0 Å². The van der Waals surface area contributed by atoms with Crippen LogP contribution in [0.25, 0.3) is 0 Å². The lowest BCUT2D eigenvalue weighted by Gasteiger charge is -2.34. The molecule has 1 aromatic carbocycles. The van der Waals surface area contributed by atoms with E-state index in [9.17, 15) is 9.59 Å². The first-order valence-corrected chi connectivity index (χ1v) is 8.04. The Balaban J connectivity index is 2.01. The molecular weight excluding hydrogens is 312 g/mol. The second kappa shape index (κ2) is 8.65. The van der Waals surface area contributed by atoms with Crippen molar-refractivity contribution in [2.45, 2.75) is 13.0 Å². The monoisotopic (exact) mass is 336 g/mol. The fourth-order valence-corrected chi connectivity index (χ4v) is 2.75. The molecule has 7 heteroatoms. The van der Waals surface area contributed by atoms with Gasteiger partial charge >= 0.3 is 5.97 Å². The number of carbonyl (C=O) groups excluding carboxylic acids is 1. The van der Waals surface area contributed by atoms with E-state index < -0.39 is 5.97 Å². The van der Waals surface area contributed by atoms with Crippen molar-refractivity contribution in [1.29, 1.82) is 0 Å². The van der Waals surface area contributed by atoms with E-state index in [1.54, 1.807) is 29.0 Å². The van der Waals surface area contributed by atoms with Crippen molar-refractivity contribution in [3.63, 3.8) is 0 Å². The van der Waals surface area contributed by atoms with Crippen LogP contribution in [0.15, 0.2) is 24.3 Å². The zero-order valence-corrected chi connectivity index (χ0v) is 14.1. The van der Waals surface area contributed by atoms with Crippen LogP contribution in [0, 0.1) is 0 Å². The van der Waals surface area contributed by atoms with Gasteiger partial charge < -0.3 is 19.5 Å². The van der Waals surface area contributed by atoms with Crippen molar-refractivity contribution < 1.29 is 24.2 Å². The molecule has 1 unspecified atom stereocenters. The average molecular weight is 336 g/mol. The maximum atomic E-state index is 12.8. The predicted octanol–water partition coefficient (Wildman–Crippen LogP) is 0.943. The highest BCUT2D eigenvalue weighted by molar-refractivity contribution is 5.97. The third kappa shape index (κ3) is 4.94. The summed E-state index contributed by atoms with van der Waals surface area (Å²) in [5.41, 5.74) is 0.541. The maximum absolute atomic E-state index is 12.8. The molecule has 1 aliphatic heterocycles. The molecule has 0 aliphatic carbocycles. The fourth-order valence-electron chi connectivity index (χ4n) is 2.75. The van der Waals surface area contributed by atoms with Gasteiger partial charge in [0.05, 0.1) is 31.4 Å². The van der Waals surface area contributed by atoms with E-state index in [0.29, 0.717) is 44.2 Å². The number of carboxylic acid groups (broad SMARTS) is 1. The molecule has 2 rings (SSSR count). The van der Waals surface area contributed by atoms with Gasteiger partial charge in [-0.15, -0.1) is 0 Å². The predicted molar refractivity (Wildman–Crippen MR) is 88.4 cm³/mol. The van der Waals surface area contributed by atoms with Crippen LogP contribution in [0.3, 0.4) is 0 Å². The molecule has 132 valence electrons. The second-order valence-electron chi connectivity index (χ2n) is 5.76. The van der Waals surface area contributed by atoms with Crippen LogP contribution in [0.5, 0.6) is 5.75 Å². The Kier molecular flexibility index (Phi) is 6.57. The minimum absolute atomic E-state index is 0.0546. The number of nitrogens with zero attached hydrogens (tertiary/aromatic N) is 2.